The van der Waals surface area contributed by atoms with Crippen molar-refractivity contribution >= 4 is 5.97 Å². The van der Waals surface area contributed by atoms with Crippen molar-refractivity contribution in [2.45, 2.75) is 66.8 Å². The minimum atomic E-state index is -0.371. The van der Waals surface area contributed by atoms with Gasteiger partial charge in [0.1, 0.15) is 0 Å². The summed E-state index contributed by atoms with van der Waals surface area (Å²) < 4.78 is 11.2. The third-order valence-electron chi connectivity index (χ3n) is 3.82. The highest BCUT2D eigenvalue weighted by Crippen LogP contribution is 2.39. The summed E-state index contributed by atoms with van der Waals surface area (Å²) in [4.78, 5) is 12.2. The normalized spacial score (nSPS) is 33.0. The van der Waals surface area contributed by atoms with Gasteiger partial charge in [0, 0.05) is 5.92 Å². The Morgan fingerprint density at radius 3 is 2.33 bits per heavy atom. The van der Waals surface area contributed by atoms with Crippen LogP contribution in [0.15, 0.2) is 0 Å². The molecule has 0 aromatic carbocycles. The molecule has 1 heterocycles. The molecule has 2 unspecified atom stereocenters. The molecule has 0 saturated carbocycles. The van der Waals surface area contributed by atoms with Crippen LogP contribution in [0.5, 0.6) is 0 Å². The summed E-state index contributed by atoms with van der Waals surface area (Å²) in [7, 11) is 0. The van der Waals surface area contributed by atoms with E-state index in [1.165, 1.54) is 0 Å². The molecule has 0 amide bonds. The van der Waals surface area contributed by atoms with E-state index in [4.69, 9.17) is 9.47 Å². The van der Waals surface area contributed by atoms with Gasteiger partial charge < -0.3 is 9.47 Å². The first-order valence-corrected chi connectivity index (χ1v) is 7.24. The predicted octanol–water partition coefficient (Wildman–Crippen LogP) is 3.62. The van der Waals surface area contributed by atoms with Crippen molar-refractivity contribution in [3.05, 3.63) is 0 Å². The molecule has 0 aliphatic carbocycles. The Kier molecular flexibility index (Phi) is 5.64. The first-order chi connectivity index (χ1) is 8.38. The lowest BCUT2D eigenvalue weighted by molar-refractivity contribution is -0.232. The number of cyclic esters (lactones) is 1. The highest BCUT2D eigenvalue weighted by atomic mass is 16.7. The van der Waals surface area contributed by atoms with Crippen molar-refractivity contribution in [2.24, 2.45) is 23.7 Å². The van der Waals surface area contributed by atoms with Gasteiger partial charge in [-0.05, 0) is 32.1 Å². The van der Waals surface area contributed by atoms with Gasteiger partial charge in [-0.15, -0.1) is 0 Å². The van der Waals surface area contributed by atoms with Crippen LogP contribution in [0.1, 0.15) is 54.4 Å². The van der Waals surface area contributed by atoms with Crippen molar-refractivity contribution in [1.29, 1.82) is 0 Å². The molecular weight excluding hydrogens is 228 g/mol. The molecule has 3 heteroatoms. The Labute approximate surface area is 111 Å². The van der Waals surface area contributed by atoms with E-state index in [9.17, 15) is 4.79 Å². The van der Waals surface area contributed by atoms with Crippen LogP contribution in [0.3, 0.4) is 0 Å². The van der Waals surface area contributed by atoms with Crippen LogP contribution in [0.2, 0.25) is 0 Å². The number of carbonyl (C=O) groups excluding carboxylic acids is 1. The molecule has 0 bridgehead atoms. The molecule has 4 atom stereocenters. The third-order valence-corrected chi connectivity index (χ3v) is 3.82. The topological polar surface area (TPSA) is 35.5 Å². The second-order valence-electron chi connectivity index (χ2n) is 6.07. The smallest absolute Gasteiger partial charge is 0.311 e. The van der Waals surface area contributed by atoms with Crippen LogP contribution in [0.25, 0.3) is 0 Å². The predicted molar refractivity (Wildman–Crippen MR) is 72.0 cm³/mol. The number of rotatable bonds is 5. The molecule has 18 heavy (non-hydrogen) atoms. The Bertz CT molecular complexity index is 273. The average Bonchev–Trinajstić information content (AvgIpc) is 2.24. The van der Waals surface area contributed by atoms with Gasteiger partial charge >= 0.3 is 5.97 Å². The van der Waals surface area contributed by atoms with Crippen molar-refractivity contribution in [3.63, 3.8) is 0 Å². The van der Waals surface area contributed by atoms with Crippen molar-refractivity contribution < 1.29 is 14.3 Å². The van der Waals surface area contributed by atoms with Gasteiger partial charge in [0.15, 0.2) is 0 Å². The maximum absolute atomic E-state index is 12.2. The zero-order valence-electron chi connectivity index (χ0n) is 12.6. The first kappa shape index (κ1) is 15.5. The zero-order valence-corrected chi connectivity index (χ0v) is 12.6. The Hall–Kier alpha value is -0.570. The van der Waals surface area contributed by atoms with Crippen LogP contribution < -0.4 is 0 Å². The van der Waals surface area contributed by atoms with Gasteiger partial charge in [0.05, 0.1) is 12.0 Å². The van der Waals surface area contributed by atoms with E-state index >= 15 is 0 Å². The van der Waals surface area contributed by atoms with Crippen LogP contribution in [0.4, 0.5) is 0 Å². The number of hydrogen-bond acceptors (Lipinski definition) is 3. The van der Waals surface area contributed by atoms with E-state index in [-0.39, 0.29) is 30.2 Å². The van der Waals surface area contributed by atoms with Crippen LogP contribution in [-0.4, -0.2) is 18.4 Å². The maximum atomic E-state index is 12.2. The third kappa shape index (κ3) is 3.47. The van der Waals surface area contributed by atoms with Crippen molar-refractivity contribution in [2.75, 3.05) is 0 Å². The molecule has 1 saturated heterocycles. The highest BCUT2D eigenvalue weighted by Gasteiger charge is 2.45. The van der Waals surface area contributed by atoms with Gasteiger partial charge in [-0.2, -0.15) is 0 Å². The highest BCUT2D eigenvalue weighted by molar-refractivity contribution is 5.74. The number of hydrogen-bond donors (Lipinski definition) is 0. The average molecular weight is 256 g/mol. The second-order valence-corrected chi connectivity index (χ2v) is 6.07. The van der Waals surface area contributed by atoms with Crippen molar-refractivity contribution in [3.8, 4) is 0 Å². The van der Waals surface area contributed by atoms with Crippen LogP contribution >= 0.6 is 0 Å². The van der Waals surface area contributed by atoms with Gasteiger partial charge in [-0.3, -0.25) is 4.79 Å². The molecule has 0 N–H and O–H groups in total. The lowest BCUT2D eigenvalue weighted by Crippen LogP contribution is -2.47. The summed E-state index contributed by atoms with van der Waals surface area (Å²) in [6.45, 7) is 12.5. The standard InChI is InChI=1S/C15H28O3/c1-7-8-12-11(6)15(17-10(4)5)18-14(16)13(12)9(2)3/h9-13,15H,7-8H2,1-6H3/t11?,12-,13-,15?/m1/s1. The molecule has 106 valence electrons. The largest absolute Gasteiger partial charge is 0.435 e. The lowest BCUT2D eigenvalue weighted by atomic mass is 9.72. The molecule has 0 spiro atoms. The molecule has 1 aliphatic heterocycles. The maximum Gasteiger partial charge on any atom is 0.311 e. The van der Waals surface area contributed by atoms with Gasteiger partial charge in [-0.25, -0.2) is 0 Å². The van der Waals surface area contributed by atoms with Gasteiger partial charge in [0.2, 0.25) is 6.29 Å². The van der Waals surface area contributed by atoms with E-state index in [0.717, 1.165) is 12.8 Å². The molecule has 0 aromatic rings. The number of carbonyl (C=O) groups is 1. The molecular formula is C15H28O3. The fourth-order valence-electron chi connectivity index (χ4n) is 2.97. The minimum absolute atomic E-state index is 0.0203. The van der Waals surface area contributed by atoms with Crippen LogP contribution in [0, 0.1) is 23.7 Å². The summed E-state index contributed by atoms with van der Waals surface area (Å²) in [5.41, 5.74) is 0. The lowest BCUT2D eigenvalue weighted by Gasteiger charge is -2.42. The summed E-state index contributed by atoms with van der Waals surface area (Å²) in [5.74, 6) is 0.924. The Morgan fingerprint density at radius 2 is 1.89 bits per heavy atom. The Balaban J connectivity index is 2.86. The van der Waals surface area contributed by atoms with E-state index in [0.29, 0.717) is 11.8 Å². The monoisotopic (exact) mass is 256 g/mol. The Morgan fingerprint density at radius 1 is 1.28 bits per heavy atom. The summed E-state index contributed by atoms with van der Waals surface area (Å²) >= 11 is 0. The van der Waals surface area contributed by atoms with Gasteiger partial charge in [0.25, 0.3) is 0 Å². The minimum Gasteiger partial charge on any atom is -0.435 e. The molecule has 3 nitrogen and oxygen atoms in total. The van der Waals surface area contributed by atoms with E-state index in [1.807, 2.05) is 13.8 Å². The molecule has 0 aromatic heterocycles. The van der Waals surface area contributed by atoms with E-state index in [1.54, 1.807) is 0 Å². The fraction of sp³-hybridized carbons (Fsp3) is 0.933. The van der Waals surface area contributed by atoms with Gasteiger partial charge in [-0.1, -0.05) is 34.1 Å². The summed E-state index contributed by atoms with van der Waals surface area (Å²) in [6, 6.07) is 0. The molecule has 1 fully saturated rings. The number of ether oxygens (including phenoxy) is 2. The molecule has 0 radical (unpaired) electrons. The molecule has 1 aliphatic rings. The van der Waals surface area contributed by atoms with E-state index in [2.05, 4.69) is 27.7 Å². The fourth-order valence-corrected chi connectivity index (χ4v) is 2.97. The van der Waals surface area contributed by atoms with E-state index < -0.39 is 0 Å². The quantitative estimate of drug-likeness (QED) is 0.705. The van der Waals surface area contributed by atoms with Crippen molar-refractivity contribution in [1.82, 2.24) is 0 Å². The zero-order chi connectivity index (χ0) is 13.9. The summed E-state index contributed by atoms with van der Waals surface area (Å²) in [6.07, 6.45) is 1.88. The SMILES string of the molecule is CCC[C@@H]1C(C)C(OC(C)C)OC(=O)[C@@H]1C(C)C. The van der Waals surface area contributed by atoms with Crippen LogP contribution in [-0.2, 0) is 14.3 Å². The first-order valence-electron chi connectivity index (χ1n) is 7.24. The summed E-state index contributed by atoms with van der Waals surface area (Å²) in [5, 5.41) is 0. The number of esters is 1. The molecule has 1 rings (SSSR count). The second kappa shape index (κ2) is 6.55.